The number of hydrogen-bond donors (Lipinski definition) is 3. The number of benzene rings is 1. The number of hydrogen-bond acceptors (Lipinski definition) is 4. The Hall–Kier alpha value is -1.78. The highest BCUT2D eigenvalue weighted by molar-refractivity contribution is 5.67. The van der Waals surface area contributed by atoms with E-state index in [0.29, 0.717) is 0 Å². The van der Waals surface area contributed by atoms with E-state index < -0.39 is 0 Å². The lowest BCUT2D eigenvalue weighted by molar-refractivity contribution is 0.223. The van der Waals surface area contributed by atoms with Gasteiger partial charge in [0.1, 0.15) is 0 Å². The van der Waals surface area contributed by atoms with Crippen molar-refractivity contribution in [2.75, 3.05) is 20.1 Å². The molecule has 4 nitrogen and oxygen atoms in total. The molecule has 0 saturated heterocycles. The first-order valence-corrected chi connectivity index (χ1v) is 6.19. The van der Waals surface area contributed by atoms with Gasteiger partial charge in [0.25, 0.3) is 0 Å². The van der Waals surface area contributed by atoms with Gasteiger partial charge in [-0.3, -0.25) is 5.43 Å². The van der Waals surface area contributed by atoms with Crippen LogP contribution in [0.1, 0.15) is 12.5 Å². The van der Waals surface area contributed by atoms with E-state index in [1.54, 1.807) is 0 Å². The third-order valence-corrected chi connectivity index (χ3v) is 2.69. The Morgan fingerprint density at radius 1 is 1.17 bits per heavy atom. The summed E-state index contributed by atoms with van der Waals surface area (Å²) in [4.78, 5) is 0. The van der Waals surface area contributed by atoms with Gasteiger partial charge in [-0.05, 0) is 31.2 Å². The molecule has 0 saturated carbocycles. The smallest absolute Gasteiger partial charge is 0.0632 e. The zero-order chi connectivity index (χ0) is 12.8. The van der Waals surface area contributed by atoms with E-state index in [1.807, 2.05) is 36.6 Å². The van der Waals surface area contributed by atoms with Crippen LogP contribution in [0.25, 0.3) is 5.70 Å². The number of nitrogens with zero attached hydrogens (tertiary/aromatic N) is 1. The van der Waals surface area contributed by atoms with E-state index in [-0.39, 0.29) is 0 Å². The molecule has 0 radical (unpaired) electrons. The minimum absolute atomic E-state index is 0.870. The van der Waals surface area contributed by atoms with Crippen molar-refractivity contribution in [3.63, 3.8) is 0 Å². The zero-order valence-corrected chi connectivity index (χ0v) is 10.9. The molecule has 0 amide bonds. The normalized spacial score (nSPS) is 14.9. The van der Waals surface area contributed by atoms with Crippen LogP contribution in [0.15, 0.2) is 48.2 Å². The standard InChI is InChI=1S/C14H20N4/c1-12-10-14(13-6-4-3-5-7-13)17-18(11-12)16-9-8-15-2/h3-7,10-11,15-17H,8-9H2,1-2H3. The monoisotopic (exact) mass is 244 g/mol. The minimum Gasteiger partial charge on any atom is -0.318 e. The summed E-state index contributed by atoms with van der Waals surface area (Å²) in [5.74, 6) is 0. The second-order valence-corrected chi connectivity index (χ2v) is 4.29. The van der Waals surface area contributed by atoms with E-state index >= 15 is 0 Å². The van der Waals surface area contributed by atoms with Crippen LogP contribution in [0.4, 0.5) is 0 Å². The Kier molecular flexibility index (Phi) is 4.39. The molecule has 96 valence electrons. The van der Waals surface area contributed by atoms with Gasteiger partial charge in [0, 0.05) is 19.3 Å². The molecule has 0 fully saturated rings. The van der Waals surface area contributed by atoms with E-state index in [2.05, 4.69) is 41.3 Å². The highest BCUT2D eigenvalue weighted by atomic mass is 15.7. The van der Waals surface area contributed by atoms with Crippen molar-refractivity contribution in [2.24, 2.45) is 0 Å². The summed E-state index contributed by atoms with van der Waals surface area (Å²) in [5, 5.41) is 5.02. The first-order chi connectivity index (χ1) is 8.79. The maximum Gasteiger partial charge on any atom is 0.0632 e. The summed E-state index contributed by atoms with van der Waals surface area (Å²) in [6.07, 6.45) is 4.19. The Morgan fingerprint density at radius 2 is 1.94 bits per heavy atom. The Labute approximate surface area is 108 Å². The third-order valence-electron chi connectivity index (χ3n) is 2.69. The van der Waals surface area contributed by atoms with Crippen LogP contribution in [-0.4, -0.2) is 25.3 Å². The Balaban J connectivity index is 2.03. The molecule has 1 aliphatic rings. The average Bonchev–Trinajstić information content (AvgIpc) is 2.39. The fourth-order valence-corrected chi connectivity index (χ4v) is 1.82. The topological polar surface area (TPSA) is 39.3 Å². The van der Waals surface area contributed by atoms with E-state index in [9.17, 15) is 0 Å². The summed E-state index contributed by atoms with van der Waals surface area (Å²) in [7, 11) is 1.95. The van der Waals surface area contributed by atoms with Gasteiger partial charge >= 0.3 is 0 Å². The lowest BCUT2D eigenvalue weighted by atomic mass is 10.1. The first-order valence-electron chi connectivity index (χ1n) is 6.19. The second kappa shape index (κ2) is 6.23. The molecule has 1 aliphatic heterocycles. The zero-order valence-electron chi connectivity index (χ0n) is 10.9. The molecular weight excluding hydrogens is 224 g/mol. The summed E-state index contributed by atoms with van der Waals surface area (Å²) in [6.45, 7) is 3.89. The molecule has 3 N–H and O–H groups in total. The molecule has 2 rings (SSSR count). The molecule has 1 aromatic rings. The van der Waals surface area contributed by atoms with Crippen molar-refractivity contribution < 1.29 is 0 Å². The molecule has 0 spiro atoms. The first kappa shape index (κ1) is 12.7. The number of hydrazine groups is 2. The molecule has 0 unspecified atom stereocenters. The quantitative estimate of drug-likeness (QED) is 0.686. The fourth-order valence-electron chi connectivity index (χ4n) is 1.82. The van der Waals surface area contributed by atoms with Crippen molar-refractivity contribution in [3.8, 4) is 0 Å². The van der Waals surface area contributed by atoms with Gasteiger partial charge in [0.05, 0.1) is 5.70 Å². The van der Waals surface area contributed by atoms with Crippen LogP contribution in [0.5, 0.6) is 0 Å². The molecule has 18 heavy (non-hydrogen) atoms. The van der Waals surface area contributed by atoms with Crippen LogP contribution < -0.4 is 16.2 Å². The molecule has 0 aliphatic carbocycles. The van der Waals surface area contributed by atoms with Crippen LogP contribution in [0.2, 0.25) is 0 Å². The largest absolute Gasteiger partial charge is 0.318 e. The van der Waals surface area contributed by atoms with E-state index in [1.165, 1.54) is 11.1 Å². The molecule has 1 heterocycles. The summed E-state index contributed by atoms with van der Waals surface area (Å²) < 4.78 is 0. The van der Waals surface area contributed by atoms with Crippen molar-refractivity contribution in [1.29, 1.82) is 0 Å². The fraction of sp³-hybridized carbons (Fsp3) is 0.286. The van der Waals surface area contributed by atoms with Crippen molar-refractivity contribution in [1.82, 2.24) is 21.3 Å². The van der Waals surface area contributed by atoms with Gasteiger partial charge in [-0.1, -0.05) is 30.3 Å². The van der Waals surface area contributed by atoms with Gasteiger partial charge in [-0.2, -0.15) is 0 Å². The van der Waals surface area contributed by atoms with Crippen LogP contribution in [0, 0.1) is 0 Å². The summed E-state index contributed by atoms with van der Waals surface area (Å²) in [6, 6.07) is 10.3. The summed E-state index contributed by atoms with van der Waals surface area (Å²) >= 11 is 0. The minimum atomic E-state index is 0.870. The van der Waals surface area contributed by atoms with Crippen molar-refractivity contribution in [3.05, 3.63) is 53.7 Å². The summed E-state index contributed by atoms with van der Waals surface area (Å²) in [5.41, 5.74) is 10.1. The van der Waals surface area contributed by atoms with Crippen molar-refractivity contribution >= 4 is 5.70 Å². The third kappa shape index (κ3) is 3.35. The van der Waals surface area contributed by atoms with Crippen LogP contribution in [0.3, 0.4) is 0 Å². The van der Waals surface area contributed by atoms with Gasteiger partial charge < -0.3 is 5.32 Å². The van der Waals surface area contributed by atoms with Crippen LogP contribution >= 0.6 is 0 Å². The van der Waals surface area contributed by atoms with Gasteiger partial charge in [0.2, 0.25) is 0 Å². The SMILES string of the molecule is CNCCNN1C=C(C)C=C(c2ccccc2)N1. The van der Waals surface area contributed by atoms with Crippen molar-refractivity contribution in [2.45, 2.75) is 6.92 Å². The molecule has 0 atom stereocenters. The van der Waals surface area contributed by atoms with E-state index in [4.69, 9.17) is 0 Å². The molecule has 0 aromatic heterocycles. The number of rotatable bonds is 5. The Bertz CT molecular complexity index is 436. The average molecular weight is 244 g/mol. The van der Waals surface area contributed by atoms with Gasteiger partial charge in [-0.25, -0.2) is 10.5 Å². The Morgan fingerprint density at radius 3 is 2.67 bits per heavy atom. The highest BCUT2D eigenvalue weighted by Crippen LogP contribution is 2.17. The maximum atomic E-state index is 3.34. The molecule has 1 aromatic carbocycles. The lowest BCUT2D eigenvalue weighted by Crippen LogP contribution is -2.46. The second-order valence-electron chi connectivity index (χ2n) is 4.29. The van der Waals surface area contributed by atoms with Crippen LogP contribution in [-0.2, 0) is 0 Å². The number of likely N-dealkylation sites (N-methyl/N-ethyl adjacent to an activating group) is 1. The number of nitrogens with one attached hydrogen (secondary N) is 3. The highest BCUT2D eigenvalue weighted by Gasteiger charge is 2.09. The predicted octanol–water partition coefficient (Wildman–Crippen LogP) is 1.48. The predicted molar refractivity (Wildman–Crippen MR) is 75.1 cm³/mol. The number of allylic oxidation sites excluding steroid dienone is 2. The molecule has 0 bridgehead atoms. The van der Waals surface area contributed by atoms with Gasteiger partial charge in [-0.15, -0.1) is 0 Å². The molecular formula is C14H20N4. The lowest BCUT2D eigenvalue weighted by Gasteiger charge is -2.28. The molecule has 4 heteroatoms. The maximum absolute atomic E-state index is 3.34. The van der Waals surface area contributed by atoms with E-state index in [0.717, 1.165) is 18.8 Å². The van der Waals surface area contributed by atoms with Gasteiger partial charge in [0.15, 0.2) is 0 Å².